The van der Waals surface area contributed by atoms with E-state index in [0.717, 1.165) is 21.8 Å². The molecule has 3 amide bonds. The van der Waals surface area contributed by atoms with Crippen molar-refractivity contribution in [1.82, 2.24) is 9.88 Å². The fourth-order valence-electron chi connectivity index (χ4n) is 4.03. The number of hydrogen-bond acceptors (Lipinski definition) is 5. The monoisotopic (exact) mass is 481 g/mol. The van der Waals surface area contributed by atoms with E-state index < -0.39 is 0 Å². The molecular weight excluding hydrogens is 458 g/mol. The molecule has 174 valence electrons. The predicted octanol–water partition coefficient (Wildman–Crippen LogP) is 6.12. The van der Waals surface area contributed by atoms with Gasteiger partial charge in [-0.15, -0.1) is 11.3 Å². The van der Waals surface area contributed by atoms with Gasteiger partial charge in [-0.25, -0.2) is 4.98 Å². The zero-order valence-electron chi connectivity index (χ0n) is 19.3. The van der Waals surface area contributed by atoms with Gasteiger partial charge in [0.05, 0.1) is 16.8 Å². The Morgan fingerprint density at radius 1 is 0.943 bits per heavy atom. The Kier molecular flexibility index (Phi) is 6.01. The molecule has 6 nitrogen and oxygen atoms in total. The van der Waals surface area contributed by atoms with Crippen molar-refractivity contribution in [2.45, 2.75) is 26.3 Å². The van der Waals surface area contributed by atoms with E-state index >= 15 is 0 Å². The second-order valence-electron chi connectivity index (χ2n) is 8.43. The van der Waals surface area contributed by atoms with Gasteiger partial charge >= 0.3 is 0 Å². The van der Waals surface area contributed by atoms with E-state index in [1.54, 1.807) is 23.5 Å². The van der Waals surface area contributed by atoms with Crippen LogP contribution in [0, 0.1) is 0 Å². The number of anilines is 1. The number of fused-ring (bicyclic) bond motifs is 1. The maximum Gasteiger partial charge on any atom is 0.261 e. The highest BCUT2D eigenvalue weighted by Crippen LogP contribution is 2.30. The third-order valence-electron chi connectivity index (χ3n) is 6.18. The van der Waals surface area contributed by atoms with Gasteiger partial charge < -0.3 is 5.32 Å². The van der Waals surface area contributed by atoms with Crippen molar-refractivity contribution in [2.75, 3.05) is 5.32 Å². The number of aromatic nitrogens is 1. The van der Waals surface area contributed by atoms with Crippen LogP contribution in [0.1, 0.15) is 51.3 Å². The van der Waals surface area contributed by atoms with Gasteiger partial charge in [-0.05, 0) is 43.7 Å². The van der Waals surface area contributed by atoms with Crippen LogP contribution in [0.2, 0.25) is 0 Å². The lowest BCUT2D eigenvalue weighted by Crippen LogP contribution is -2.37. The molecule has 0 saturated heterocycles. The quantitative estimate of drug-likeness (QED) is 0.336. The number of nitrogens with zero attached hydrogens (tertiary/aromatic N) is 2. The second kappa shape index (κ2) is 9.27. The zero-order chi connectivity index (χ0) is 24.5. The van der Waals surface area contributed by atoms with Crippen molar-refractivity contribution in [3.05, 3.63) is 94.9 Å². The van der Waals surface area contributed by atoms with Crippen LogP contribution in [0.4, 0.5) is 5.69 Å². The third kappa shape index (κ3) is 4.26. The van der Waals surface area contributed by atoms with Crippen LogP contribution in [-0.4, -0.2) is 33.6 Å². The normalized spacial score (nSPS) is 13.6. The number of thiazole rings is 1. The third-order valence-corrected chi connectivity index (χ3v) is 7.07. The van der Waals surface area contributed by atoms with Gasteiger partial charge in [-0.2, -0.15) is 0 Å². The van der Waals surface area contributed by atoms with Crippen LogP contribution in [-0.2, 0) is 0 Å². The molecule has 1 N–H and O–H groups in total. The summed E-state index contributed by atoms with van der Waals surface area (Å²) in [4.78, 5) is 44.2. The number of hydrogen-bond donors (Lipinski definition) is 1. The minimum absolute atomic E-state index is 0.195. The first-order valence-electron chi connectivity index (χ1n) is 11.4. The van der Waals surface area contributed by atoms with E-state index in [1.165, 1.54) is 11.0 Å². The van der Waals surface area contributed by atoms with Crippen molar-refractivity contribution in [3.8, 4) is 21.8 Å². The molecule has 0 saturated carbocycles. The van der Waals surface area contributed by atoms with Gasteiger partial charge in [0.15, 0.2) is 0 Å². The lowest BCUT2D eigenvalue weighted by molar-refractivity contribution is 0.0593. The molecule has 1 aromatic heterocycles. The largest absolute Gasteiger partial charge is 0.322 e. The molecule has 5 rings (SSSR count). The van der Waals surface area contributed by atoms with Crippen molar-refractivity contribution in [2.24, 2.45) is 0 Å². The molecule has 1 unspecified atom stereocenters. The van der Waals surface area contributed by atoms with Crippen LogP contribution in [0.15, 0.2) is 78.2 Å². The molecule has 1 aliphatic rings. The Balaban J connectivity index is 1.30. The Bertz CT molecular complexity index is 1430. The summed E-state index contributed by atoms with van der Waals surface area (Å²) in [5.74, 6) is -1.00. The Hall–Kier alpha value is -4.10. The van der Waals surface area contributed by atoms with Gasteiger partial charge in [0.1, 0.15) is 5.01 Å². The summed E-state index contributed by atoms with van der Waals surface area (Å²) in [5.41, 5.74) is 4.47. The molecule has 3 aromatic carbocycles. The van der Waals surface area contributed by atoms with Crippen molar-refractivity contribution < 1.29 is 14.4 Å². The molecule has 0 spiro atoms. The molecule has 0 bridgehead atoms. The molecule has 0 fully saturated rings. The van der Waals surface area contributed by atoms with Crippen molar-refractivity contribution >= 4 is 34.7 Å². The molecule has 35 heavy (non-hydrogen) atoms. The molecular formula is C28H23N3O3S. The average molecular weight is 482 g/mol. The molecule has 0 aliphatic carbocycles. The highest BCUT2D eigenvalue weighted by molar-refractivity contribution is 7.13. The zero-order valence-corrected chi connectivity index (χ0v) is 20.1. The smallest absolute Gasteiger partial charge is 0.261 e. The lowest BCUT2D eigenvalue weighted by atomic mass is 10.1. The molecule has 2 heterocycles. The Labute approximate surface area is 207 Å². The fraction of sp³-hybridized carbons (Fsp3) is 0.143. The maximum atomic E-state index is 12.9. The van der Waals surface area contributed by atoms with E-state index in [1.807, 2.05) is 73.8 Å². The minimum atomic E-state index is -0.350. The maximum absolute atomic E-state index is 12.9. The topological polar surface area (TPSA) is 79.4 Å². The number of imide groups is 1. The van der Waals surface area contributed by atoms with Crippen molar-refractivity contribution in [3.63, 3.8) is 0 Å². The van der Waals surface area contributed by atoms with Gasteiger partial charge in [0, 0.05) is 33.8 Å². The minimum Gasteiger partial charge on any atom is -0.322 e. The van der Waals surface area contributed by atoms with E-state index in [-0.39, 0.29) is 29.3 Å². The number of carbonyl (C=O) groups excluding carboxylic acids is 3. The number of rotatable bonds is 6. The molecule has 1 aliphatic heterocycles. The highest BCUT2D eigenvalue weighted by atomic mass is 32.1. The summed E-state index contributed by atoms with van der Waals surface area (Å²) in [5, 5.41) is 5.83. The summed E-state index contributed by atoms with van der Waals surface area (Å²) >= 11 is 1.59. The Morgan fingerprint density at radius 3 is 2.37 bits per heavy atom. The molecule has 1 atom stereocenters. The number of benzene rings is 3. The van der Waals surface area contributed by atoms with E-state index in [9.17, 15) is 14.4 Å². The van der Waals surface area contributed by atoms with Gasteiger partial charge in [-0.3, -0.25) is 19.3 Å². The van der Waals surface area contributed by atoms with Crippen molar-refractivity contribution in [1.29, 1.82) is 0 Å². The fourth-order valence-corrected chi connectivity index (χ4v) is 4.87. The van der Waals surface area contributed by atoms with Gasteiger partial charge in [0.2, 0.25) is 0 Å². The number of amides is 3. The highest BCUT2D eigenvalue weighted by Gasteiger charge is 2.38. The van der Waals surface area contributed by atoms with Crippen LogP contribution in [0.3, 0.4) is 0 Å². The van der Waals surface area contributed by atoms with Crippen LogP contribution < -0.4 is 5.32 Å². The van der Waals surface area contributed by atoms with Gasteiger partial charge in [0.25, 0.3) is 17.7 Å². The molecule has 0 radical (unpaired) electrons. The van der Waals surface area contributed by atoms with E-state index in [2.05, 4.69) is 5.32 Å². The lowest BCUT2D eigenvalue weighted by Gasteiger charge is -2.20. The Morgan fingerprint density at radius 2 is 1.66 bits per heavy atom. The van der Waals surface area contributed by atoms with Crippen LogP contribution in [0.25, 0.3) is 21.8 Å². The predicted molar refractivity (Wildman–Crippen MR) is 138 cm³/mol. The molecule has 4 aromatic rings. The number of carbonyl (C=O) groups is 3. The first-order valence-corrected chi connectivity index (χ1v) is 12.3. The standard InChI is InChI=1S/C28H23N3O3S/c1-3-17(2)31-27(33)22-14-11-20(15-23(22)28(31)34)25(32)29-21-12-9-18(10-13-21)24-16-35-26(30-24)19-7-5-4-6-8-19/h4-17H,3H2,1-2H3,(H,29,32). The van der Waals surface area contributed by atoms with Gasteiger partial charge in [-0.1, -0.05) is 49.4 Å². The first kappa shape index (κ1) is 22.7. The van der Waals surface area contributed by atoms with Crippen LogP contribution in [0.5, 0.6) is 0 Å². The number of nitrogens with one attached hydrogen (secondary N) is 1. The summed E-state index contributed by atoms with van der Waals surface area (Å²) < 4.78 is 0. The summed E-state index contributed by atoms with van der Waals surface area (Å²) in [6.07, 6.45) is 0.670. The summed E-state index contributed by atoms with van der Waals surface area (Å²) in [6, 6.07) is 21.9. The second-order valence-corrected chi connectivity index (χ2v) is 9.29. The van der Waals surface area contributed by atoms with E-state index in [0.29, 0.717) is 23.2 Å². The molecule has 7 heteroatoms. The summed E-state index contributed by atoms with van der Waals surface area (Å²) in [7, 11) is 0. The van der Waals surface area contributed by atoms with Crippen LogP contribution >= 0.6 is 11.3 Å². The first-order chi connectivity index (χ1) is 17.0. The average Bonchev–Trinajstić information content (AvgIpc) is 3.48. The summed E-state index contributed by atoms with van der Waals surface area (Å²) in [6.45, 7) is 3.77. The van der Waals surface area contributed by atoms with E-state index in [4.69, 9.17) is 4.98 Å². The SMILES string of the molecule is CCC(C)N1C(=O)c2ccc(C(=O)Nc3ccc(-c4csc(-c5ccccc5)n4)cc3)cc2C1=O.